The molecule has 14 heteroatoms. The van der Waals surface area contributed by atoms with Crippen LogP contribution in [0.15, 0.2) is 315 Å². The molecule has 0 N–H and O–H groups in total. The Labute approximate surface area is 651 Å². The van der Waals surface area contributed by atoms with Gasteiger partial charge < -0.3 is 67.3 Å². The lowest BCUT2D eigenvalue weighted by atomic mass is 10.0. The highest BCUT2D eigenvalue weighted by molar-refractivity contribution is 5.87. The molecular weight excluding hydrogens is 1380 g/mol. The third-order valence-electron chi connectivity index (χ3n) is 20.1. The molecule has 14 aromatic rings. The number of hydrogen-bond acceptors (Lipinski definition) is 14. The fourth-order valence-corrected chi connectivity index (χ4v) is 14.4. The lowest BCUT2D eigenvalue weighted by molar-refractivity contribution is 0.411. The Hall–Kier alpha value is -13.7. The van der Waals surface area contributed by atoms with E-state index in [1.807, 2.05) is 72.8 Å². The van der Waals surface area contributed by atoms with E-state index < -0.39 is 0 Å². The van der Waals surface area contributed by atoms with Crippen molar-refractivity contribution in [3.8, 4) is 46.0 Å². The number of rotatable bonds is 28. The summed E-state index contributed by atoms with van der Waals surface area (Å²) in [6.45, 7) is 8.28. The van der Waals surface area contributed by atoms with Crippen molar-refractivity contribution < 1.29 is 37.9 Å². The number of ether oxygens (including phenoxy) is 8. The summed E-state index contributed by atoms with van der Waals surface area (Å²) in [5.41, 5.74) is 24.2. The van der Waals surface area contributed by atoms with Crippen LogP contribution in [-0.4, -0.2) is 56.9 Å². The Kier molecular flexibility index (Phi) is 22.4. The summed E-state index contributed by atoms with van der Waals surface area (Å²) in [5, 5.41) is 0. The van der Waals surface area contributed by atoms with Crippen LogP contribution in [0.25, 0.3) is 0 Å². The van der Waals surface area contributed by atoms with Gasteiger partial charge in [0.25, 0.3) is 0 Å². The number of methoxy groups -OCH3 is 8. The molecule has 0 amide bonds. The molecule has 0 radical (unpaired) electrons. The quantitative estimate of drug-likeness (QED) is 0.0466. The van der Waals surface area contributed by atoms with Crippen LogP contribution in [-0.2, 0) is 6.42 Å². The van der Waals surface area contributed by atoms with Gasteiger partial charge in [0, 0.05) is 102 Å². The molecule has 0 aromatic heterocycles. The Morgan fingerprint density at radius 3 is 0.441 bits per heavy atom. The molecule has 0 saturated heterocycles. The van der Waals surface area contributed by atoms with Gasteiger partial charge in [-0.1, -0.05) is 24.3 Å². The molecule has 0 aliphatic heterocycles. The van der Waals surface area contributed by atoms with E-state index in [9.17, 15) is 0 Å². The first-order valence-corrected chi connectivity index (χ1v) is 36.8. The third-order valence-corrected chi connectivity index (χ3v) is 20.1. The monoisotopic (exact) mass is 1470 g/mol. The summed E-state index contributed by atoms with van der Waals surface area (Å²) >= 11 is 0. The fraction of sp³-hybridized carbons (Fsp3) is 0.134. The van der Waals surface area contributed by atoms with Crippen LogP contribution < -0.4 is 67.3 Å². The first-order chi connectivity index (χ1) is 54.2. The summed E-state index contributed by atoms with van der Waals surface area (Å²) in [4.78, 5) is 13.7. The predicted octanol–water partition coefficient (Wildman–Crippen LogP) is 25.4. The lowest BCUT2D eigenvalue weighted by Gasteiger charge is -2.30. The van der Waals surface area contributed by atoms with Gasteiger partial charge in [-0.05, 0) is 359 Å². The minimum Gasteiger partial charge on any atom is -0.497 e. The lowest BCUT2D eigenvalue weighted by Crippen LogP contribution is -2.13. The van der Waals surface area contributed by atoms with Gasteiger partial charge in [0.05, 0.1) is 56.9 Å². The average Bonchev–Trinajstić information content (AvgIpc) is 0.789. The van der Waals surface area contributed by atoms with Gasteiger partial charge >= 0.3 is 0 Å². The smallest absolute Gasteiger partial charge is 0.121 e. The van der Waals surface area contributed by atoms with Crippen molar-refractivity contribution in [1.82, 2.24) is 0 Å². The molecule has 0 heterocycles. The zero-order valence-electron chi connectivity index (χ0n) is 64.7. The van der Waals surface area contributed by atoms with Crippen LogP contribution in [0.5, 0.6) is 46.0 Å². The van der Waals surface area contributed by atoms with Gasteiger partial charge in [-0.15, -0.1) is 0 Å². The summed E-state index contributed by atoms with van der Waals surface area (Å²) < 4.78 is 45.3. The van der Waals surface area contributed by atoms with Crippen molar-refractivity contribution in [2.75, 3.05) is 86.3 Å². The molecule has 0 unspecified atom stereocenters. The van der Waals surface area contributed by atoms with Gasteiger partial charge in [0.1, 0.15) is 46.0 Å². The highest BCUT2D eigenvalue weighted by atomic mass is 16.5. The second kappa shape index (κ2) is 33.6. The molecule has 14 aromatic carbocycles. The van der Waals surface area contributed by atoms with E-state index in [1.165, 1.54) is 0 Å². The van der Waals surface area contributed by atoms with Crippen LogP contribution in [0.4, 0.5) is 102 Å². The van der Waals surface area contributed by atoms with Gasteiger partial charge in [-0.2, -0.15) is 0 Å². The molecule has 556 valence electrons. The highest BCUT2D eigenvalue weighted by Gasteiger charge is 2.24. The first kappa shape index (κ1) is 74.1. The number of nitrogens with zero attached hydrogens (tertiary/aromatic N) is 6. The molecule has 111 heavy (non-hydrogen) atoms. The van der Waals surface area contributed by atoms with E-state index in [0.717, 1.165) is 182 Å². The van der Waals surface area contributed by atoms with Crippen molar-refractivity contribution in [2.24, 2.45) is 0 Å². The molecule has 0 saturated carbocycles. The van der Waals surface area contributed by atoms with Crippen molar-refractivity contribution in [3.63, 3.8) is 0 Å². The Morgan fingerprint density at radius 2 is 0.297 bits per heavy atom. The van der Waals surface area contributed by atoms with Gasteiger partial charge in [-0.3, -0.25) is 0 Å². The molecule has 0 spiro atoms. The average molecular weight is 1470 g/mol. The maximum atomic E-state index is 5.72. The molecule has 0 atom stereocenters. The Balaban J connectivity index is 0.815. The molecule has 0 fully saturated rings. The minimum absolute atomic E-state index is 0.698. The fourth-order valence-electron chi connectivity index (χ4n) is 14.4. The second-order valence-corrected chi connectivity index (χ2v) is 27.0. The zero-order valence-corrected chi connectivity index (χ0v) is 64.7. The second-order valence-electron chi connectivity index (χ2n) is 27.0. The van der Waals surface area contributed by atoms with E-state index in [0.29, 0.717) is 6.42 Å². The SMILES string of the molecule is COc1ccc(N(c2ccc(N(c3ccc(Cc4ccc(N(c5ccc(N(c6ccc(OC)cc6)c6ccc(OC)c(C)c6)cc5)c5ccc(N(c6ccc(OC)cc6)c6ccc(OC)c(C)c6)cc5)cc4)cc3)c3ccc(N(c4ccc(OC)cc4)c4ccc(OC)c(C)c4)cc3)cc2)c2ccc(OC)c(C)c2)cc1. The summed E-state index contributed by atoms with van der Waals surface area (Å²) in [6.07, 6.45) is 0.698. The van der Waals surface area contributed by atoms with Crippen LogP contribution in [0.1, 0.15) is 33.4 Å². The van der Waals surface area contributed by atoms with Crippen LogP contribution in [0.3, 0.4) is 0 Å². The maximum absolute atomic E-state index is 5.72. The standard InChI is InChI=1S/C97H90N6O8/c1-66-61-86(45-57-94(66)108-9)100(82-37-49-90(104-5)50-38-82)78-29-21-74(22-30-78)98(75-23-31-79(32-24-75)101(83-39-51-91(105-6)52-40-83)87-46-58-95(109-10)67(2)62-87)72-17-13-70(14-18-72)65-71-15-19-73(20-16-71)99(76-25-33-80(34-26-76)102(84-41-53-92(106-7)54-42-84)88-47-59-96(110-11)68(3)63-88)77-27-35-81(36-28-77)103(85-43-55-93(107-8)56-44-85)89-48-60-97(111-12)69(4)64-89/h13-64H,65H2,1-12H3. The van der Waals surface area contributed by atoms with Crippen LogP contribution in [0.2, 0.25) is 0 Å². The molecule has 0 aliphatic carbocycles. The van der Waals surface area contributed by atoms with E-state index in [-0.39, 0.29) is 0 Å². The van der Waals surface area contributed by atoms with E-state index in [1.54, 1.807) is 56.9 Å². The first-order valence-electron chi connectivity index (χ1n) is 36.8. The normalized spacial score (nSPS) is 10.9. The van der Waals surface area contributed by atoms with Crippen molar-refractivity contribution in [1.29, 1.82) is 0 Å². The zero-order chi connectivity index (χ0) is 77.1. The maximum Gasteiger partial charge on any atom is 0.121 e. The molecule has 0 bridgehead atoms. The van der Waals surface area contributed by atoms with E-state index in [4.69, 9.17) is 37.9 Å². The summed E-state index contributed by atoms with van der Waals surface area (Å²) in [7, 11) is 13.6. The number of hydrogen-bond donors (Lipinski definition) is 0. The molecular formula is C97H90N6O8. The van der Waals surface area contributed by atoms with Gasteiger partial charge in [-0.25, -0.2) is 0 Å². The number of anilines is 18. The third kappa shape index (κ3) is 16.1. The van der Waals surface area contributed by atoms with Gasteiger partial charge in [0.15, 0.2) is 0 Å². The van der Waals surface area contributed by atoms with Crippen molar-refractivity contribution >= 4 is 102 Å². The topological polar surface area (TPSA) is 93.3 Å². The predicted molar refractivity (Wildman–Crippen MR) is 455 cm³/mol. The summed E-state index contributed by atoms with van der Waals surface area (Å²) in [6, 6.07) is 111. The van der Waals surface area contributed by atoms with E-state index >= 15 is 0 Å². The molecule has 14 rings (SSSR count). The van der Waals surface area contributed by atoms with E-state index in [2.05, 4.69) is 300 Å². The number of aryl methyl sites for hydroxylation is 4. The van der Waals surface area contributed by atoms with Gasteiger partial charge in [0.2, 0.25) is 0 Å². The van der Waals surface area contributed by atoms with Crippen LogP contribution >= 0.6 is 0 Å². The minimum atomic E-state index is 0.698. The molecule has 0 aliphatic rings. The van der Waals surface area contributed by atoms with Crippen molar-refractivity contribution in [3.05, 3.63) is 349 Å². The largest absolute Gasteiger partial charge is 0.497 e. The van der Waals surface area contributed by atoms with Crippen LogP contribution in [0, 0.1) is 27.7 Å². The van der Waals surface area contributed by atoms with Crippen molar-refractivity contribution in [2.45, 2.75) is 34.1 Å². The highest BCUT2D eigenvalue weighted by Crippen LogP contribution is 2.47. The Bertz CT molecular complexity index is 4820. The summed E-state index contributed by atoms with van der Waals surface area (Å²) in [5.74, 6) is 6.43. The Morgan fingerprint density at radius 1 is 0.162 bits per heavy atom. The number of benzene rings is 14. The molecule has 14 nitrogen and oxygen atoms in total.